The Kier molecular flexibility index (Phi) is 8.41. The third kappa shape index (κ3) is 6.33. The molecule has 2 N–H and O–H groups in total. The van der Waals surface area contributed by atoms with Gasteiger partial charge in [0.2, 0.25) is 0 Å². The fourth-order valence-corrected chi connectivity index (χ4v) is 3.53. The van der Waals surface area contributed by atoms with E-state index < -0.39 is 8.60 Å². The van der Waals surface area contributed by atoms with E-state index in [2.05, 4.69) is 31.2 Å². The van der Waals surface area contributed by atoms with Crippen molar-refractivity contribution in [3.05, 3.63) is 71.8 Å². The van der Waals surface area contributed by atoms with Gasteiger partial charge < -0.3 is 14.3 Å². The summed E-state index contributed by atoms with van der Waals surface area (Å²) in [6.45, 7) is 2.16. The summed E-state index contributed by atoms with van der Waals surface area (Å²) < 4.78 is 5.45. The average molecular weight is 346 g/mol. The zero-order chi connectivity index (χ0) is 17.2. The summed E-state index contributed by atoms with van der Waals surface area (Å²) in [5.41, 5.74) is 2.46. The maximum absolute atomic E-state index is 9.33. The van der Waals surface area contributed by atoms with Gasteiger partial charge in [0, 0.05) is 5.92 Å². The number of benzene rings is 2. The van der Waals surface area contributed by atoms with E-state index in [1.165, 1.54) is 11.1 Å². The largest absolute Gasteiger partial charge is 0.328 e. The lowest BCUT2D eigenvalue weighted by Crippen LogP contribution is -2.16. The highest BCUT2D eigenvalue weighted by molar-refractivity contribution is 7.39. The molecule has 0 aromatic heterocycles. The summed E-state index contributed by atoms with van der Waals surface area (Å²) in [6, 6.07) is 20.7. The van der Waals surface area contributed by atoms with Gasteiger partial charge in [0.05, 0.1) is 6.10 Å². The Labute approximate surface area is 146 Å². The molecule has 0 amide bonds. The molecule has 0 radical (unpaired) electrons. The van der Waals surface area contributed by atoms with Crippen LogP contribution < -0.4 is 0 Å². The molecule has 0 saturated heterocycles. The highest BCUT2D eigenvalue weighted by atomic mass is 31.2. The van der Waals surface area contributed by atoms with Crippen molar-refractivity contribution in [1.29, 1.82) is 0 Å². The molecule has 2 rings (SSSR count). The van der Waals surface area contributed by atoms with Crippen LogP contribution in [-0.4, -0.2) is 15.9 Å². The van der Waals surface area contributed by atoms with Crippen molar-refractivity contribution in [2.75, 3.05) is 0 Å². The van der Waals surface area contributed by atoms with Crippen LogP contribution in [0.1, 0.15) is 56.1 Å². The third-order valence-electron chi connectivity index (χ3n) is 4.28. The molecule has 4 heteroatoms. The maximum Gasteiger partial charge on any atom is 0.327 e. The molecule has 24 heavy (non-hydrogen) atoms. The van der Waals surface area contributed by atoms with Gasteiger partial charge in [0.1, 0.15) is 0 Å². The molecule has 2 aromatic carbocycles. The lowest BCUT2D eigenvalue weighted by atomic mass is 9.85. The van der Waals surface area contributed by atoms with Crippen LogP contribution in [0.2, 0.25) is 0 Å². The van der Waals surface area contributed by atoms with E-state index in [9.17, 15) is 9.79 Å². The molecule has 0 aliphatic heterocycles. The molecule has 0 bridgehead atoms. The zero-order valence-corrected chi connectivity index (χ0v) is 15.1. The van der Waals surface area contributed by atoms with Crippen molar-refractivity contribution < 1.29 is 14.3 Å². The summed E-state index contributed by atoms with van der Waals surface area (Å²) in [7, 11) is -2.33. The minimum atomic E-state index is -2.33. The predicted octanol–water partition coefficient (Wildman–Crippen LogP) is 5.39. The molecule has 3 nitrogen and oxygen atoms in total. The van der Waals surface area contributed by atoms with E-state index in [1.807, 2.05) is 36.4 Å². The van der Waals surface area contributed by atoms with Crippen molar-refractivity contribution in [1.82, 2.24) is 0 Å². The summed E-state index contributed by atoms with van der Waals surface area (Å²) in [4.78, 5) is 18.7. The van der Waals surface area contributed by atoms with Crippen LogP contribution in [0.25, 0.3) is 0 Å². The van der Waals surface area contributed by atoms with Gasteiger partial charge in [0.15, 0.2) is 0 Å². The number of unbranched alkanes of at least 4 members (excludes halogenated alkanes) is 2. The molecular formula is C20H27O3P. The predicted molar refractivity (Wildman–Crippen MR) is 99.7 cm³/mol. The second-order valence-corrected chi connectivity index (χ2v) is 6.80. The van der Waals surface area contributed by atoms with Crippen LogP contribution >= 0.6 is 8.60 Å². The van der Waals surface area contributed by atoms with Gasteiger partial charge >= 0.3 is 8.60 Å². The third-order valence-corrected chi connectivity index (χ3v) is 4.76. The van der Waals surface area contributed by atoms with Crippen molar-refractivity contribution in [3.8, 4) is 0 Å². The Morgan fingerprint density at radius 1 is 0.875 bits per heavy atom. The van der Waals surface area contributed by atoms with Gasteiger partial charge in [-0.3, -0.25) is 0 Å². The molecule has 0 aliphatic carbocycles. The highest BCUT2D eigenvalue weighted by Crippen LogP contribution is 2.36. The summed E-state index contributed by atoms with van der Waals surface area (Å²) >= 11 is 0. The molecule has 0 heterocycles. The minimum absolute atomic E-state index is 0.150. The van der Waals surface area contributed by atoms with Gasteiger partial charge in [-0.05, 0) is 24.0 Å². The Balaban J connectivity index is 2.18. The lowest BCUT2D eigenvalue weighted by Gasteiger charge is -2.25. The molecule has 1 atom stereocenters. The summed E-state index contributed by atoms with van der Waals surface area (Å²) in [6.07, 6.45) is 4.77. The second kappa shape index (κ2) is 10.6. The van der Waals surface area contributed by atoms with Crippen molar-refractivity contribution in [2.45, 2.75) is 51.0 Å². The minimum Gasteiger partial charge on any atom is -0.328 e. The van der Waals surface area contributed by atoms with Gasteiger partial charge in [-0.15, -0.1) is 0 Å². The Bertz CT molecular complexity index is 520. The molecular weight excluding hydrogens is 319 g/mol. The fourth-order valence-electron chi connectivity index (χ4n) is 3.07. The monoisotopic (exact) mass is 346 g/mol. The van der Waals surface area contributed by atoms with Gasteiger partial charge in [-0.2, -0.15) is 0 Å². The normalized spacial score (nSPS) is 12.7. The van der Waals surface area contributed by atoms with Crippen LogP contribution in [0.5, 0.6) is 0 Å². The maximum atomic E-state index is 9.33. The fraction of sp³-hybridized carbons (Fsp3) is 0.400. The van der Waals surface area contributed by atoms with Crippen molar-refractivity contribution in [3.63, 3.8) is 0 Å². The first-order chi connectivity index (χ1) is 11.7. The molecule has 0 spiro atoms. The van der Waals surface area contributed by atoms with Crippen molar-refractivity contribution >= 4 is 8.60 Å². The molecule has 2 aromatic rings. The number of hydrogen-bond acceptors (Lipinski definition) is 3. The Morgan fingerprint density at radius 3 is 1.88 bits per heavy atom. The first-order valence-electron chi connectivity index (χ1n) is 8.65. The second-order valence-electron chi connectivity index (χ2n) is 6.09. The Morgan fingerprint density at radius 2 is 1.42 bits per heavy atom. The smallest absolute Gasteiger partial charge is 0.327 e. The molecule has 0 aliphatic rings. The van der Waals surface area contributed by atoms with Crippen LogP contribution in [0.15, 0.2) is 60.7 Å². The standard InChI is InChI=1S/C20H27O3P/c1-2-3-6-15-19(23-24(21)22)16-20(17-11-7-4-8-12-17)18-13-9-5-10-14-18/h4-5,7-14,19-22H,2-3,6,15-16H2,1H3. The van der Waals surface area contributed by atoms with Crippen molar-refractivity contribution in [2.24, 2.45) is 0 Å². The van der Waals surface area contributed by atoms with Crippen LogP contribution in [-0.2, 0) is 4.52 Å². The van der Waals surface area contributed by atoms with E-state index in [0.29, 0.717) is 0 Å². The van der Waals surface area contributed by atoms with Crippen LogP contribution in [0.4, 0.5) is 0 Å². The quantitative estimate of drug-likeness (QED) is 0.448. The number of rotatable bonds is 10. The van der Waals surface area contributed by atoms with E-state index in [-0.39, 0.29) is 12.0 Å². The van der Waals surface area contributed by atoms with Gasteiger partial charge in [-0.1, -0.05) is 86.8 Å². The first-order valence-corrected chi connectivity index (χ1v) is 9.81. The Hall–Kier alpha value is -1.25. The molecule has 1 unspecified atom stereocenters. The SMILES string of the molecule is CCCCCC(CC(c1ccccc1)c1ccccc1)OP(O)O. The van der Waals surface area contributed by atoms with E-state index in [4.69, 9.17) is 4.52 Å². The topological polar surface area (TPSA) is 49.7 Å². The number of hydrogen-bond donors (Lipinski definition) is 2. The van der Waals surface area contributed by atoms with E-state index >= 15 is 0 Å². The average Bonchev–Trinajstić information content (AvgIpc) is 2.60. The zero-order valence-electron chi connectivity index (χ0n) is 14.2. The van der Waals surface area contributed by atoms with E-state index in [1.54, 1.807) is 0 Å². The summed E-state index contributed by atoms with van der Waals surface area (Å²) in [5, 5.41) is 0. The van der Waals surface area contributed by atoms with Gasteiger partial charge in [-0.25, -0.2) is 0 Å². The molecule has 130 valence electrons. The molecule has 0 fully saturated rings. The van der Waals surface area contributed by atoms with Crippen LogP contribution in [0, 0.1) is 0 Å². The first kappa shape index (κ1) is 19.1. The lowest BCUT2D eigenvalue weighted by molar-refractivity contribution is 0.146. The van der Waals surface area contributed by atoms with Gasteiger partial charge in [0.25, 0.3) is 0 Å². The van der Waals surface area contributed by atoms with E-state index in [0.717, 1.165) is 32.1 Å². The van der Waals surface area contributed by atoms with Crippen LogP contribution in [0.3, 0.4) is 0 Å². The molecule has 0 saturated carbocycles. The summed E-state index contributed by atoms with van der Waals surface area (Å²) in [5.74, 6) is 0.189. The highest BCUT2D eigenvalue weighted by Gasteiger charge is 2.22.